The van der Waals surface area contributed by atoms with Gasteiger partial charge in [0.15, 0.2) is 11.6 Å². The number of carbonyl (C=O) groups excluding carboxylic acids is 1. The van der Waals surface area contributed by atoms with E-state index in [1.807, 2.05) is 0 Å². The van der Waals surface area contributed by atoms with Gasteiger partial charge >= 0.3 is 0 Å². The zero-order chi connectivity index (χ0) is 13.1. The molecular formula is C13H15F2NO2. The van der Waals surface area contributed by atoms with Crippen LogP contribution in [0, 0.1) is 17.6 Å². The Bertz CT molecular complexity index is 447. The maximum atomic E-state index is 13.0. The van der Waals surface area contributed by atoms with Gasteiger partial charge < -0.3 is 10.4 Å². The summed E-state index contributed by atoms with van der Waals surface area (Å²) in [6.45, 7) is -0.000768. The Kier molecular flexibility index (Phi) is 3.91. The first kappa shape index (κ1) is 13.0. The van der Waals surface area contributed by atoms with Crippen molar-refractivity contribution >= 4 is 5.91 Å². The number of aliphatic hydroxyl groups excluding tert-OH is 1. The minimum absolute atomic E-state index is 0.000768. The molecule has 1 saturated carbocycles. The number of aliphatic hydroxyl groups is 1. The van der Waals surface area contributed by atoms with Crippen LogP contribution in [-0.2, 0) is 0 Å². The fourth-order valence-corrected chi connectivity index (χ4v) is 1.95. The van der Waals surface area contributed by atoms with Crippen LogP contribution in [0.4, 0.5) is 8.78 Å². The molecule has 2 rings (SSSR count). The van der Waals surface area contributed by atoms with Gasteiger partial charge in [-0.2, -0.15) is 0 Å². The van der Waals surface area contributed by atoms with Gasteiger partial charge in [-0.3, -0.25) is 4.79 Å². The van der Waals surface area contributed by atoms with E-state index < -0.39 is 17.5 Å². The second-order valence-corrected chi connectivity index (χ2v) is 4.56. The van der Waals surface area contributed by atoms with Crippen molar-refractivity contribution in [3.8, 4) is 0 Å². The Labute approximate surface area is 104 Å². The number of carbonyl (C=O) groups is 1. The van der Waals surface area contributed by atoms with Gasteiger partial charge in [0, 0.05) is 18.2 Å². The standard InChI is InChI=1S/C13H15F2NO2/c14-10-4-3-9(7-11(10)15)13(18)16-12(5-6-17)8-1-2-8/h3-4,7-8,12,17H,1-2,5-6H2,(H,16,18). The summed E-state index contributed by atoms with van der Waals surface area (Å²) in [6, 6.07) is 2.97. The molecule has 0 saturated heterocycles. The van der Waals surface area contributed by atoms with E-state index in [0.29, 0.717) is 12.3 Å². The van der Waals surface area contributed by atoms with Crippen molar-refractivity contribution in [2.45, 2.75) is 25.3 Å². The van der Waals surface area contributed by atoms with Crippen molar-refractivity contribution in [3.05, 3.63) is 35.4 Å². The molecule has 1 unspecified atom stereocenters. The highest BCUT2D eigenvalue weighted by Crippen LogP contribution is 2.34. The summed E-state index contributed by atoms with van der Waals surface area (Å²) in [7, 11) is 0. The maximum Gasteiger partial charge on any atom is 0.251 e. The lowest BCUT2D eigenvalue weighted by Crippen LogP contribution is -2.37. The van der Waals surface area contributed by atoms with Crippen LogP contribution in [0.2, 0.25) is 0 Å². The van der Waals surface area contributed by atoms with E-state index in [0.717, 1.165) is 25.0 Å². The fraction of sp³-hybridized carbons (Fsp3) is 0.462. The molecule has 1 amide bonds. The minimum Gasteiger partial charge on any atom is -0.396 e. The van der Waals surface area contributed by atoms with E-state index in [2.05, 4.69) is 5.32 Å². The van der Waals surface area contributed by atoms with Gasteiger partial charge in [-0.1, -0.05) is 0 Å². The summed E-state index contributed by atoms with van der Waals surface area (Å²) in [5, 5.41) is 11.7. The molecule has 0 spiro atoms. The second kappa shape index (κ2) is 5.44. The first-order valence-electron chi connectivity index (χ1n) is 5.98. The third-order valence-electron chi connectivity index (χ3n) is 3.13. The number of benzene rings is 1. The predicted octanol–water partition coefficient (Wildman–Crippen LogP) is 1.86. The molecule has 5 heteroatoms. The molecule has 1 aromatic rings. The first-order valence-corrected chi connectivity index (χ1v) is 5.98. The molecule has 1 aliphatic rings. The maximum absolute atomic E-state index is 13.0. The molecular weight excluding hydrogens is 240 g/mol. The van der Waals surface area contributed by atoms with Gasteiger partial charge in [-0.05, 0) is 43.4 Å². The Balaban J connectivity index is 2.03. The van der Waals surface area contributed by atoms with Crippen LogP contribution in [0.25, 0.3) is 0 Å². The molecule has 0 aliphatic heterocycles. The van der Waals surface area contributed by atoms with Crippen molar-refractivity contribution in [2.24, 2.45) is 5.92 Å². The quantitative estimate of drug-likeness (QED) is 0.843. The summed E-state index contributed by atoms with van der Waals surface area (Å²) in [4.78, 5) is 11.8. The number of rotatable bonds is 5. The van der Waals surface area contributed by atoms with Gasteiger partial charge in [0.1, 0.15) is 0 Å². The van der Waals surface area contributed by atoms with E-state index in [-0.39, 0.29) is 18.2 Å². The van der Waals surface area contributed by atoms with Crippen LogP contribution in [-0.4, -0.2) is 23.7 Å². The van der Waals surface area contributed by atoms with E-state index >= 15 is 0 Å². The highest BCUT2D eigenvalue weighted by Gasteiger charge is 2.32. The number of halogens is 2. The molecule has 0 aromatic heterocycles. The van der Waals surface area contributed by atoms with Crippen LogP contribution in [0.15, 0.2) is 18.2 Å². The van der Waals surface area contributed by atoms with Crippen LogP contribution in [0.1, 0.15) is 29.6 Å². The summed E-state index contributed by atoms with van der Waals surface area (Å²) < 4.78 is 25.7. The molecule has 1 fully saturated rings. The lowest BCUT2D eigenvalue weighted by molar-refractivity contribution is 0.0923. The molecule has 1 aliphatic carbocycles. The van der Waals surface area contributed by atoms with Gasteiger partial charge in [-0.15, -0.1) is 0 Å². The molecule has 1 atom stereocenters. The third kappa shape index (κ3) is 3.04. The SMILES string of the molecule is O=C(NC(CCO)C1CC1)c1ccc(F)c(F)c1. The molecule has 0 bridgehead atoms. The molecule has 2 N–H and O–H groups in total. The van der Waals surface area contributed by atoms with Crippen molar-refractivity contribution < 1.29 is 18.7 Å². The number of hydrogen-bond acceptors (Lipinski definition) is 2. The second-order valence-electron chi connectivity index (χ2n) is 4.56. The topological polar surface area (TPSA) is 49.3 Å². The lowest BCUT2D eigenvalue weighted by atomic mass is 10.1. The molecule has 0 radical (unpaired) electrons. The minimum atomic E-state index is -1.03. The number of amides is 1. The zero-order valence-electron chi connectivity index (χ0n) is 9.83. The summed E-state index contributed by atoms with van der Waals surface area (Å²) in [6.07, 6.45) is 2.55. The Hall–Kier alpha value is -1.49. The van der Waals surface area contributed by atoms with Crippen molar-refractivity contribution in [1.82, 2.24) is 5.32 Å². The number of hydrogen-bond donors (Lipinski definition) is 2. The predicted molar refractivity (Wildman–Crippen MR) is 62.0 cm³/mol. The van der Waals surface area contributed by atoms with E-state index in [1.54, 1.807) is 0 Å². The van der Waals surface area contributed by atoms with Crippen LogP contribution in [0.5, 0.6) is 0 Å². The van der Waals surface area contributed by atoms with Gasteiger partial charge in [0.25, 0.3) is 5.91 Å². The first-order chi connectivity index (χ1) is 8.61. The normalized spacial score (nSPS) is 16.4. The molecule has 0 heterocycles. The average molecular weight is 255 g/mol. The number of nitrogens with one attached hydrogen (secondary N) is 1. The molecule has 18 heavy (non-hydrogen) atoms. The lowest BCUT2D eigenvalue weighted by Gasteiger charge is -2.17. The third-order valence-corrected chi connectivity index (χ3v) is 3.13. The molecule has 3 nitrogen and oxygen atoms in total. The smallest absolute Gasteiger partial charge is 0.251 e. The van der Waals surface area contributed by atoms with Crippen molar-refractivity contribution in [2.75, 3.05) is 6.61 Å². The summed E-state index contributed by atoms with van der Waals surface area (Å²) >= 11 is 0. The van der Waals surface area contributed by atoms with Crippen LogP contribution < -0.4 is 5.32 Å². The van der Waals surface area contributed by atoms with Crippen LogP contribution in [0.3, 0.4) is 0 Å². The monoisotopic (exact) mass is 255 g/mol. The van der Waals surface area contributed by atoms with E-state index in [9.17, 15) is 13.6 Å². The summed E-state index contributed by atoms with van der Waals surface area (Å²) in [5.41, 5.74) is 0.0949. The summed E-state index contributed by atoms with van der Waals surface area (Å²) in [5.74, 6) is -2.04. The zero-order valence-corrected chi connectivity index (χ0v) is 9.83. The van der Waals surface area contributed by atoms with Gasteiger partial charge in [0.05, 0.1) is 0 Å². The molecule has 1 aromatic carbocycles. The highest BCUT2D eigenvalue weighted by atomic mass is 19.2. The van der Waals surface area contributed by atoms with Crippen molar-refractivity contribution in [3.63, 3.8) is 0 Å². The van der Waals surface area contributed by atoms with Crippen molar-refractivity contribution in [1.29, 1.82) is 0 Å². The van der Waals surface area contributed by atoms with E-state index in [1.165, 1.54) is 6.07 Å². The average Bonchev–Trinajstić information content (AvgIpc) is 3.16. The fourth-order valence-electron chi connectivity index (χ4n) is 1.95. The Morgan fingerprint density at radius 2 is 2.11 bits per heavy atom. The largest absolute Gasteiger partial charge is 0.396 e. The van der Waals surface area contributed by atoms with Gasteiger partial charge in [0.2, 0.25) is 0 Å². The van der Waals surface area contributed by atoms with Crippen LogP contribution >= 0.6 is 0 Å². The van der Waals surface area contributed by atoms with Gasteiger partial charge in [-0.25, -0.2) is 8.78 Å². The highest BCUT2D eigenvalue weighted by molar-refractivity contribution is 5.94. The Morgan fingerprint density at radius 1 is 1.39 bits per heavy atom. The Morgan fingerprint density at radius 3 is 2.67 bits per heavy atom. The molecule has 98 valence electrons. The van der Waals surface area contributed by atoms with E-state index in [4.69, 9.17) is 5.11 Å².